The fraction of sp³-hybridized carbons (Fsp3) is 0.333. The van der Waals surface area contributed by atoms with E-state index in [-0.39, 0.29) is 30.9 Å². The van der Waals surface area contributed by atoms with Gasteiger partial charge in [0.25, 0.3) is 0 Å². The number of aromatic amines is 1. The normalized spacial score (nSPS) is 16.6. The molecule has 8 nitrogen and oxygen atoms in total. The Hall–Kier alpha value is -3.42. The Labute approximate surface area is 168 Å². The van der Waals surface area contributed by atoms with Gasteiger partial charge >= 0.3 is 6.09 Å². The van der Waals surface area contributed by atoms with Crippen molar-refractivity contribution in [2.75, 3.05) is 25.0 Å². The van der Waals surface area contributed by atoms with Crippen LogP contribution < -0.4 is 5.32 Å². The summed E-state index contributed by atoms with van der Waals surface area (Å²) in [4.78, 5) is 38.3. The number of likely N-dealkylation sites (tertiary alicyclic amines) is 1. The molecule has 0 radical (unpaired) electrons. The molecule has 1 aliphatic heterocycles. The highest BCUT2D eigenvalue weighted by atomic mass is 16.6. The van der Waals surface area contributed by atoms with E-state index in [4.69, 9.17) is 4.74 Å². The molecule has 1 saturated heterocycles. The quantitative estimate of drug-likeness (QED) is 0.668. The van der Waals surface area contributed by atoms with Gasteiger partial charge in [-0.05, 0) is 24.5 Å². The molecule has 0 spiro atoms. The smallest absolute Gasteiger partial charge is 0.410 e. The molecule has 0 bridgehead atoms. The molecule has 4 rings (SSSR count). The van der Waals surface area contributed by atoms with Gasteiger partial charge in [0.05, 0.1) is 12.7 Å². The topological polar surface area (TPSA) is 100 Å². The van der Waals surface area contributed by atoms with Crippen molar-refractivity contribution in [3.8, 4) is 0 Å². The van der Waals surface area contributed by atoms with E-state index in [1.54, 1.807) is 17.3 Å². The third kappa shape index (κ3) is 4.71. The second-order valence-corrected chi connectivity index (χ2v) is 7.11. The van der Waals surface area contributed by atoms with E-state index in [9.17, 15) is 9.59 Å². The van der Waals surface area contributed by atoms with E-state index in [0.717, 1.165) is 23.9 Å². The number of anilines is 1. The number of hydrogen-bond acceptors (Lipinski definition) is 6. The molecule has 1 atom stereocenters. The Kier molecular flexibility index (Phi) is 5.69. The van der Waals surface area contributed by atoms with Crippen molar-refractivity contribution >= 4 is 28.9 Å². The molecule has 2 N–H and O–H groups in total. The van der Waals surface area contributed by atoms with E-state index in [1.165, 1.54) is 0 Å². The SMILES string of the molecule is O=C(CNc1cnc2[nH]ccc2n1)C1CCCN(C(=O)OCc2ccccc2)C1. The van der Waals surface area contributed by atoms with Crippen LogP contribution in [0.15, 0.2) is 48.8 Å². The molecule has 0 saturated carbocycles. The predicted octanol–water partition coefficient (Wildman–Crippen LogP) is 2.99. The number of Topliss-reactive ketones (excluding diaryl/α,β-unsaturated/α-hetero) is 1. The van der Waals surface area contributed by atoms with Crippen LogP contribution in [0.3, 0.4) is 0 Å². The summed E-state index contributed by atoms with van der Waals surface area (Å²) in [5, 5.41) is 3.04. The number of piperidine rings is 1. The molecule has 1 unspecified atom stereocenters. The second-order valence-electron chi connectivity index (χ2n) is 7.11. The van der Waals surface area contributed by atoms with Gasteiger partial charge in [-0.2, -0.15) is 0 Å². The van der Waals surface area contributed by atoms with Gasteiger partial charge < -0.3 is 19.9 Å². The Morgan fingerprint density at radius 2 is 2.10 bits per heavy atom. The van der Waals surface area contributed by atoms with Gasteiger partial charge in [-0.25, -0.2) is 14.8 Å². The molecule has 1 fully saturated rings. The van der Waals surface area contributed by atoms with Crippen molar-refractivity contribution in [3.63, 3.8) is 0 Å². The minimum Gasteiger partial charge on any atom is -0.445 e. The van der Waals surface area contributed by atoms with Crippen molar-refractivity contribution in [1.82, 2.24) is 19.9 Å². The number of carbonyl (C=O) groups excluding carboxylic acids is 2. The van der Waals surface area contributed by atoms with Crippen LogP contribution in [0.5, 0.6) is 0 Å². The molecule has 8 heteroatoms. The number of nitrogens with zero attached hydrogens (tertiary/aromatic N) is 3. The lowest BCUT2D eigenvalue weighted by Crippen LogP contribution is -2.43. The Bertz CT molecular complexity index is 988. The highest BCUT2D eigenvalue weighted by molar-refractivity contribution is 5.86. The molecule has 1 amide bonds. The molecule has 0 aliphatic carbocycles. The number of H-pyrrole nitrogens is 1. The number of carbonyl (C=O) groups is 2. The first kappa shape index (κ1) is 18.9. The van der Waals surface area contributed by atoms with Crippen molar-refractivity contribution in [2.24, 2.45) is 5.92 Å². The number of nitrogens with one attached hydrogen (secondary N) is 2. The number of amides is 1. The summed E-state index contributed by atoms with van der Waals surface area (Å²) >= 11 is 0. The lowest BCUT2D eigenvalue weighted by Gasteiger charge is -2.31. The molecule has 29 heavy (non-hydrogen) atoms. The van der Waals surface area contributed by atoms with Crippen LogP contribution in [-0.4, -0.2) is 51.4 Å². The highest BCUT2D eigenvalue weighted by Crippen LogP contribution is 2.19. The first-order valence-corrected chi connectivity index (χ1v) is 9.71. The van der Waals surface area contributed by atoms with Crippen LogP contribution >= 0.6 is 0 Å². The zero-order valence-corrected chi connectivity index (χ0v) is 16.0. The number of ketones is 1. The van der Waals surface area contributed by atoms with E-state index in [0.29, 0.717) is 24.6 Å². The zero-order valence-electron chi connectivity index (χ0n) is 16.0. The number of hydrogen-bond donors (Lipinski definition) is 2. The van der Waals surface area contributed by atoms with Gasteiger partial charge in [0.2, 0.25) is 0 Å². The first-order chi connectivity index (χ1) is 14.2. The number of ether oxygens (including phenoxy) is 1. The van der Waals surface area contributed by atoms with E-state index in [1.807, 2.05) is 36.4 Å². The van der Waals surface area contributed by atoms with Crippen LogP contribution in [0, 0.1) is 5.92 Å². The van der Waals surface area contributed by atoms with E-state index < -0.39 is 0 Å². The third-order valence-electron chi connectivity index (χ3n) is 5.04. The second kappa shape index (κ2) is 8.72. The molecule has 150 valence electrons. The number of fused-ring (bicyclic) bond motifs is 1. The molecular formula is C21H23N5O3. The van der Waals surface area contributed by atoms with Crippen LogP contribution in [-0.2, 0) is 16.1 Å². The highest BCUT2D eigenvalue weighted by Gasteiger charge is 2.29. The van der Waals surface area contributed by atoms with Crippen LogP contribution in [0.25, 0.3) is 11.2 Å². The largest absolute Gasteiger partial charge is 0.445 e. The van der Waals surface area contributed by atoms with Crippen molar-refractivity contribution in [3.05, 3.63) is 54.4 Å². The Balaban J connectivity index is 1.27. The van der Waals surface area contributed by atoms with Gasteiger partial charge in [-0.15, -0.1) is 0 Å². The maximum atomic E-state index is 12.6. The minimum absolute atomic E-state index is 0.0570. The predicted molar refractivity (Wildman–Crippen MR) is 108 cm³/mol. The maximum absolute atomic E-state index is 12.6. The Morgan fingerprint density at radius 3 is 2.97 bits per heavy atom. The number of benzene rings is 1. The standard InChI is InChI=1S/C21H23N5O3/c27-18(11-23-19-12-24-20-17(25-19)8-9-22-20)16-7-4-10-26(13-16)21(28)29-14-15-5-2-1-3-6-15/h1-3,5-6,8-9,12,16H,4,7,10-11,13-14H2,(H,22,24)(H,23,25). The molecule has 3 aromatic rings. The van der Waals surface area contributed by atoms with Crippen LogP contribution in [0.1, 0.15) is 18.4 Å². The minimum atomic E-state index is -0.372. The zero-order chi connectivity index (χ0) is 20.1. The Morgan fingerprint density at radius 1 is 1.24 bits per heavy atom. The van der Waals surface area contributed by atoms with Crippen molar-refractivity contribution < 1.29 is 14.3 Å². The van der Waals surface area contributed by atoms with Gasteiger partial charge in [-0.1, -0.05) is 30.3 Å². The first-order valence-electron chi connectivity index (χ1n) is 9.71. The lowest BCUT2D eigenvalue weighted by atomic mass is 9.94. The summed E-state index contributed by atoms with van der Waals surface area (Å²) in [5.74, 6) is 0.409. The fourth-order valence-corrected chi connectivity index (χ4v) is 3.45. The summed E-state index contributed by atoms with van der Waals surface area (Å²) in [5.41, 5.74) is 2.39. The van der Waals surface area contributed by atoms with Crippen molar-refractivity contribution in [1.29, 1.82) is 0 Å². The summed E-state index contributed by atoms with van der Waals surface area (Å²) in [6.07, 6.45) is 4.55. The third-order valence-corrected chi connectivity index (χ3v) is 5.04. The maximum Gasteiger partial charge on any atom is 0.410 e. The average molecular weight is 393 g/mol. The summed E-state index contributed by atoms with van der Waals surface area (Å²) in [7, 11) is 0. The number of aromatic nitrogens is 3. The van der Waals surface area contributed by atoms with Gasteiger partial charge in [0, 0.05) is 25.2 Å². The summed E-state index contributed by atoms with van der Waals surface area (Å²) in [6.45, 7) is 1.38. The lowest BCUT2D eigenvalue weighted by molar-refractivity contribution is -0.122. The van der Waals surface area contributed by atoms with E-state index >= 15 is 0 Å². The van der Waals surface area contributed by atoms with Crippen LogP contribution in [0.2, 0.25) is 0 Å². The van der Waals surface area contributed by atoms with Crippen molar-refractivity contribution in [2.45, 2.75) is 19.4 Å². The van der Waals surface area contributed by atoms with Gasteiger partial charge in [0.1, 0.15) is 17.9 Å². The molecule has 3 heterocycles. The van der Waals surface area contributed by atoms with Gasteiger partial charge in [-0.3, -0.25) is 4.79 Å². The molecular weight excluding hydrogens is 370 g/mol. The monoisotopic (exact) mass is 393 g/mol. The average Bonchev–Trinajstić information content (AvgIpc) is 3.24. The fourth-order valence-electron chi connectivity index (χ4n) is 3.45. The summed E-state index contributed by atoms with van der Waals surface area (Å²) < 4.78 is 5.40. The molecule has 2 aromatic heterocycles. The molecule has 1 aliphatic rings. The van der Waals surface area contributed by atoms with Crippen LogP contribution in [0.4, 0.5) is 10.6 Å². The van der Waals surface area contributed by atoms with E-state index in [2.05, 4.69) is 20.3 Å². The summed E-state index contributed by atoms with van der Waals surface area (Å²) in [6, 6.07) is 11.4. The molecule has 1 aromatic carbocycles. The van der Waals surface area contributed by atoms with Gasteiger partial charge in [0.15, 0.2) is 11.4 Å². The number of rotatable bonds is 6.